The molecular weight excluding hydrogens is 241 g/mol. The quantitative estimate of drug-likeness (QED) is 0.867. The van der Waals surface area contributed by atoms with E-state index in [4.69, 9.17) is 0 Å². The molecule has 0 aliphatic carbocycles. The highest BCUT2D eigenvalue weighted by Crippen LogP contribution is 2.22. The van der Waals surface area contributed by atoms with Gasteiger partial charge >= 0.3 is 6.18 Å². The van der Waals surface area contributed by atoms with Crippen LogP contribution in [0, 0.1) is 0 Å². The van der Waals surface area contributed by atoms with Gasteiger partial charge in [-0.1, -0.05) is 18.2 Å². The van der Waals surface area contributed by atoms with Crippen molar-refractivity contribution in [2.24, 2.45) is 0 Å². The summed E-state index contributed by atoms with van der Waals surface area (Å²) in [6.45, 7) is 3.77. The van der Waals surface area contributed by atoms with Crippen LogP contribution >= 0.6 is 0 Å². The number of rotatable bonds is 4. The molecule has 1 aliphatic heterocycles. The number of halogens is 3. The molecule has 1 aromatic rings. The van der Waals surface area contributed by atoms with Crippen LogP contribution in [-0.2, 0) is 19.6 Å². The zero-order chi connectivity index (χ0) is 13.2. The SMILES string of the molecule is CC(CC(F)(F)F)NCc1ccc2c(c1)CNC2. The van der Waals surface area contributed by atoms with Gasteiger partial charge < -0.3 is 10.6 Å². The summed E-state index contributed by atoms with van der Waals surface area (Å²) in [5, 5.41) is 6.15. The van der Waals surface area contributed by atoms with Crippen LogP contribution in [-0.4, -0.2) is 12.2 Å². The third-order valence-electron chi connectivity index (χ3n) is 3.09. The predicted octanol–water partition coefficient (Wildman–Crippen LogP) is 2.72. The Morgan fingerprint density at radius 3 is 2.72 bits per heavy atom. The number of alkyl halides is 3. The smallest absolute Gasteiger partial charge is 0.310 e. The molecule has 0 amide bonds. The molecule has 0 aromatic heterocycles. The van der Waals surface area contributed by atoms with Gasteiger partial charge in [0.1, 0.15) is 0 Å². The first kappa shape index (κ1) is 13.4. The summed E-state index contributed by atoms with van der Waals surface area (Å²) >= 11 is 0. The molecule has 1 unspecified atom stereocenters. The van der Waals surface area contributed by atoms with Crippen LogP contribution in [0.4, 0.5) is 13.2 Å². The van der Waals surface area contributed by atoms with Gasteiger partial charge in [-0.2, -0.15) is 13.2 Å². The van der Waals surface area contributed by atoms with Gasteiger partial charge in [-0.15, -0.1) is 0 Å². The maximum Gasteiger partial charge on any atom is 0.390 e. The van der Waals surface area contributed by atoms with Gasteiger partial charge in [-0.05, 0) is 23.6 Å². The lowest BCUT2D eigenvalue weighted by molar-refractivity contribution is -0.139. The monoisotopic (exact) mass is 258 g/mol. The van der Waals surface area contributed by atoms with Crippen molar-refractivity contribution >= 4 is 0 Å². The molecule has 0 radical (unpaired) electrons. The summed E-state index contributed by atoms with van der Waals surface area (Å²) in [5.41, 5.74) is 3.56. The van der Waals surface area contributed by atoms with Crippen LogP contribution in [0.15, 0.2) is 18.2 Å². The van der Waals surface area contributed by atoms with Crippen LogP contribution < -0.4 is 10.6 Å². The molecule has 1 heterocycles. The number of fused-ring (bicyclic) bond motifs is 1. The van der Waals surface area contributed by atoms with Gasteiger partial charge in [-0.3, -0.25) is 0 Å². The van der Waals surface area contributed by atoms with E-state index >= 15 is 0 Å². The van der Waals surface area contributed by atoms with E-state index in [1.807, 2.05) is 12.1 Å². The van der Waals surface area contributed by atoms with E-state index in [2.05, 4.69) is 16.7 Å². The Morgan fingerprint density at radius 1 is 1.28 bits per heavy atom. The summed E-state index contributed by atoms with van der Waals surface area (Å²) in [6, 6.07) is 5.51. The molecule has 0 spiro atoms. The van der Waals surface area contributed by atoms with Gasteiger partial charge in [0.25, 0.3) is 0 Å². The Labute approximate surface area is 105 Å². The molecular formula is C13H17F3N2. The molecule has 18 heavy (non-hydrogen) atoms. The van der Waals surface area contributed by atoms with Crippen molar-refractivity contribution in [3.8, 4) is 0 Å². The van der Waals surface area contributed by atoms with Crippen molar-refractivity contribution in [2.45, 2.75) is 45.2 Å². The first-order chi connectivity index (χ1) is 8.44. The molecule has 0 saturated heterocycles. The Hall–Kier alpha value is -1.07. The highest BCUT2D eigenvalue weighted by molar-refractivity contribution is 5.34. The van der Waals surface area contributed by atoms with E-state index in [9.17, 15) is 13.2 Å². The molecule has 2 nitrogen and oxygen atoms in total. The van der Waals surface area contributed by atoms with E-state index in [-0.39, 0.29) is 0 Å². The standard InChI is InChI=1S/C13H17F3N2/c1-9(5-13(14,15)16)18-6-10-2-3-11-7-17-8-12(11)4-10/h2-4,9,17-18H,5-8H2,1H3. The van der Waals surface area contributed by atoms with Crippen molar-refractivity contribution in [3.05, 3.63) is 34.9 Å². The molecule has 1 aliphatic rings. The summed E-state index contributed by atoms with van der Waals surface area (Å²) in [7, 11) is 0. The van der Waals surface area contributed by atoms with Crippen molar-refractivity contribution in [1.29, 1.82) is 0 Å². The zero-order valence-corrected chi connectivity index (χ0v) is 10.3. The first-order valence-electron chi connectivity index (χ1n) is 6.05. The minimum atomic E-state index is -4.10. The fraction of sp³-hybridized carbons (Fsp3) is 0.538. The fourth-order valence-corrected chi connectivity index (χ4v) is 2.17. The number of nitrogens with one attached hydrogen (secondary N) is 2. The van der Waals surface area contributed by atoms with E-state index in [0.717, 1.165) is 18.7 Å². The van der Waals surface area contributed by atoms with Gasteiger partial charge in [-0.25, -0.2) is 0 Å². The van der Waals surface area contributed by atoms with Gasteiger partial charge in [0.2, 0.25) is 0 Å². The second-order valence-electron chi connectivity index (χ2n) is 4.81. The van der Waals surface area contributed by atoms with Crippen molar-refractivity contribution in [3.63, 3.8) is 0 Å². The van der Waals surface area contributed by atoms with E-state index in [0.29, 0.717) is 6.54 Å². The van der Waals surface area contributed by atoms with Crippen LogP contribution in [0.5, 0.6) is 0 Å². The van der Waals surface area contributed by atoms with Crippen LogP contribution in [0.2, 0.25) is 0 Å². The molecule has 2 rings (SSSR count). The van der Waals surface area contributed by atoms with Gasteiger partial charge in [0.05, 0.1) is 6.42 Å². The van der Waals surface area contributed by atoms with Gasteiger partial charge in [0, 0.05) is 25.7 Å². The summed E-state index contributed by atoms with van der Waals surface area (Å²) in [6.07, 6.45) is -4.90. The highest BCUT2D eigenvalue weighted by atomic mass is 19.4. The normalized spacial score (nSPS) is 16.7. The molecule has 0 fully saturated rings. The predicted molar refractivity (Wildman–Crippen MR) is 64.0 cm³/mol. The van der Waals surface area contributed by atoms with Crippen LogP contribution in [0.1, 0.15) is 30.0 Å². The highest BCUT2D eigenvalue weighted by Gasteiger charge is 2.29. The first-order valence-corrected chi connectivity index (χ1v) is 6.05. The average molecular weight is 258 g/mol. The lowest BCUT2D eigenvalue weighted by Crippen LogP contribution is -2.30. The van der Waals surface area contributed by atoms with E-state index in [1.54, 1.807) is 6.92 Å². The fourth-order valence-electron chi connectivity index (χ4n) is 2.17. The molecule has 1 atom stereocenters. The maximum atomic E-state index is 12.2. The molecule has 100 valence electrons. The number of benzene rings is 1. The zero-order valence-electron chi connectivity index (χ0n) is 10.3. The topological polar surface area (TPSA) is 24.1 Å². The Morgan fingerprint density at radius 2 is 2.00 bits per heavy atom. The van der Waals surface area contributed by atoms with Crippen LogP contribution in [0.25, 0.3) is 0 Å². The molecule has 2 N–H and O–H groups in total. The molecule has 5 heteroatoms. The minimum absolute atomic E-state index is 0.477. The Bertz CT molecular complexity index is 415. The van der Waals surface area contributed by atoms with E-state index in [1.165, 1.54) is 11.1 Å². The van der Waals surface area contributed by atoms with Crippen molar-refractivity contribution in [1.82, 2.24) is 10.6 Å². The molecule has 1 aromatic carbocycles. The maximum absolute atomic E-state index is 12.2. The Kier molecular flexibility index (Phi) is 3.92. The number of hydrogen-bond donors (Lipinski definition) is 2. The molecule has 0 saturated carbocycles. The minimum Gasteiger partial charge on any atom is -0.310 e. The third kappa shape index (κ3) is 3.71. The molecule has 0 bridgehead atoms. The lowest BCUT2D eigenvalue weighted by atomic mass is 10.1. The summed E-state index contributed by atoms with van der Waals surface area (Å²) in [5.74, 6) is 0. The second-order valence-corrected chi connectivity index (χ2v) is 4.81. The third-order valence-corrected chi connectivity index (χ3v) is 3.09. The lowest BCUT2D eigenvalue weighted by Gasteiger charge is -2.16. The summed E-state index contributed by atoms with van der Waals surface area (Å²) in [4.78, 5) is 0. The average Bonchev–Trinajstić information content (AvgIpc) is 2.71. The van der Waals surface area contributed by atoms with Crippen molar-refractivity contribution in [2.75, 3.05) is 0 Å². The second kappa shape index (κ2) is 5.28. The number of hydrogen-bond acceptors (Lipinski definition) is 2. The van der Waals surface area contributed by atoms with Crippen LogP contribution in [0.3, 0.4) is 0 Å². The largest absolute Gasteiger partial charge is 0.390 e. The van der Waals surface area contributed by atoms with E-state index < -0.39 is 18.6 Å². The summed E-state index contributed by atoms with van der Waals surface area (Å²) < 4.78 is 36.5. The van der Waals surface area contributed by atoms with Crippen molar-refractivity contribution < 1.29 is 13.2 Å². The Balaban J connectivity index is 1.87. The van der Waals surface area contributed by atoms with Gasteiger partial charge in [0.15, 0.2) is 0 Å².